The molecule has 1 aliphatic heterocycles. The van der Waals surface area contributed by atoms with Crippen LogP contribution in [0, 0.1) is 5.92 Å². The monoisotopic (exact) mass is 443 g/mol. The second kappa shape index (κ2) is 8.57. The Morgan fingerprint density at radius 3 is 2.58 bits per heavy atom. The first kappa shape index (κ1) is 22.3. The van der Waals surface area contributed by atoms with E-state index in [1.165, 1.54) is 22.2 Å². The molecule has 2 amide bonds. The quantitative estimate of drug-likeness (QED) is 0.728. The van der Waals surface area contributed by atoms with Crippen molar-refractivity contribution < 1.29 is 4.79 Å². The van der Waals surface area contributed by atoms with Crippen molar-refractivity contribution in [2.75, 3.05) is 31.1 Å². The number of piperazine rings is 1. The van der Waals surface area contributed by atoms with Gasteiger partial charge >= 0.3 is 6.03 Å². The van der Waals surface area contributed by atoms with Crippen LogP contribution in [0.3, 0.4) is 0 Å². The normalized spacial score (nSPS) is 20.6. The van der Waals surface area contributed by atoms with Crippen LogP contribution in [-0.2, 0) is 12.8 Å². The van der Waals surface area contributed by atoms with Gasteiger partial charge in [-0.05, 0) is 57.9 Å². The van der Waals surface area contributed by atoms with E-state index >= 15 is 0 Å². The minimum Gasteiger partial charge on any atom is -0.352 e. The van der Waals surface area contributed by atoms with E-state index in [0.29, 0.717) is 5.92 Å². The predicted molar refractivity (Wildman–Crippen MR) is 129 cm³/mol. The van der Waals surface area contributed by atoms with Crippen molar-refractivity contribution in [1.82, 2.24) is 20.2 Å². The third kappa shape index (κ3) is 4.66. The number of rotatable bonds is 3. The number of aromatic nitrogens is 2. The lowest BCUT2D eigenvalue weighted by Gasteiger charge is -2.37. The molecule has 0 unspecified atom stereocenters. The van der Waals surface area contributed by atoms with Gasteiger partial charge in [0, 0.05) is 42.5 Å². The molecule has 2 aromatic heterocycles. The maximum Gasteiger partial charge on any atom is 0.317 e. The summed E-state index contributed by atoms with van der Waals surface area (Å²) in [7, 11) is 0. The van der Waals surface area contributed by atoms with Crippen LogP contribution >= 0.6 is 11.3 Å². The first-order valence-electron chi connectivity index (χ1n) is 11.8. The Balaban J connectivity index is 1.64. The van der Waals surface area contributed by atoms with Crippen LogP contribution in [0.1, 0.15) is 76.6 Å². The zero-order valence-electron chi connectivity index (χ0n) is 19.9. The van der Waals surface area contributed by atoms with Crippen molar-refractivity contribution in [3.63, 3.8) is 0 Å². The summed E-state index contributed by atoms with van der Waals surface area (Å²) in [5, 5.41) is 4.37. The van der Waals surface area contributed by atoms with Gasteiger partial charge in [0.1, 0.15) is 16.5 Å². The molecule has 0 saturated carbocycles. The predicted octanol–water partition coefficient (Wildman–Crippen LogP) is 4.96. The standard InChI is InChI=1S/C24H37N5OS/c1-7-16(3)20-25-21(19-17-9-8-15(2)14-18(17)31-22(19)26-20)28-10-12-29(13-11-28)23(30)27-24(4,5)6/h15-16H,7-14H2,1-6H3,(H,27,30)/t15-,16-/m0/s1. The van der Waals surface area contributed by atoms with Crippen LogP contribution in [-0.4, -0.2) is 52.6 Å². The molecule has 7 heteroatoms. The van der Waals surface area contributed by atoms with Crippen molar-refractivity contribution in [3.8, 4) is 0 Å². The van der Waals surface area contributed by atoms with Gasteiger partial charge in [0.25, 0.3) is 0 Å². The highest BCUT2D eigenvalue weighted by Crippen LogP contribution is 2.41. The van der Waals surface area contributed by atoms with Gasteiger partial charge in [-0.25, -0.2) is 14.8 Å². The number of thiophene rings is 1. The van der Waals surface area contributed by atoms with Gasteiger partial charge in [-0.3, -0.25) is 0 Å². The summed E-state index contributed by atoms with van der Waals surface area (Å²) in [6.45, 7) is 15.9. The lowest BCUT2D eigenvalue weighted by Crippen LogP contribution is -2.55. The Morgan fingerprint density at radius 2 is 1.94 bits per heavy atom. The number of aryl methyl sites for hydroxylation is 1. The van der Waals surface area contributed by atoms with Gasteiger partial charge in [-0.2, -0.15) is 0 Å². The maximum absolute atomic E-state index is 12.6. The number of hydrogen-bond donors (Lipinski definition) is 1. The molecule has 2 atom stereocenters. The Kier molecular flexibility index (Phi) is 6.16. The van der Waals surface area contributed by atoms with Gasteiger partial charge < -0.3 is 15.1 Å². The van der Waals surface area contributed by atoms with E-state index in [2.05, 4.69) is 31.0 Å². The molecular formula is C24H37N5OS. The molecule has 2 aliphatic rings. The van der Waals surface area contributed by atoms with E-state index < -0.39 is 0 Å². The van der Waals surface area contributed by atoms with E-state index in [-0.39, 0.29) is 11.6 Å². The topological polar surface area (TPSA) is 61.4 Å². The van der Waals surface area contributed by atoms with Crippen molar-refractivity contribution in [2.45, 2.75) is 78.7 Å². The summed E-state index contributed by atoms with van der Waals surface area (Å²) in [5.41, 5.74) is 1.27. The largest absolute Gasteiger partial charge is 0.352 e. The van der Waals surface area contributed by atoms with Crippen LogP contribution in [0.25, 0.3) is 10.2 Å². The molecular weight excluding hydrogens is 406 g/mol. The number of hydrogen-bond acceptors (Lipinski definition) is 5. The number of amides is 2. The first-order valence-corrected chi connectivity index (χ1v) is 12.6. The molecule has 1 aliphatic carbocycles. The zero-order chi connectivity index (χ0) is 22.3. The van der Waals surface area contributed by atoms with E-state index in [4.69, 9.17) is 9.97 Å². The van der Waals surface area contributed by atoms with Gasteiger partial charge in [-0.15, -0.1) is 11.3 Å². The third-order valence-corrected chi connectivity index (χ3v) is 7.70. The Bertz CT molecular complexity index is 955. The summed E-state index contributed by atoms with van der Waals surface area (Å²) in [4.78, 5) is 29.7. The van der Waals surface area contributed by atoms with Crippen molar-refractivity contribution in [2.24, 2.45) is 5.92 Å². The Morgan fingerprint density at radius 1 is 1.23 bits per heavy atom. The molecule has 1 fully saturated rings. The van der Waals surface area contributed by atoms with Crippen molar-refractivity contribution >= 4 is 33.4 Å². The molecule has 3 heterocycles. The smallest absolute Gasteiger partial charge is 0.317 e. The van der Waals surface area contributed by atoms with E-state index in [1.807, 2.05) is 37.0 Å². The number of nitrogens with zero attached hydrogens (tertiary/aromatic N) is 4. The maximum atomic E-state index is 12.6. The van der Waals surface area contributed by atoms with Crippen LogP contribution in [0.5, 0.6) is 0 Å². The minimum atomic E-state index is -0.217. The molecule has 1 N–H and O–H groups in total. The van der Waals surface area contributed by atoms with Crippen LogP contribution in [0.2, 0.25) is 0 Å². The number of carbonyl (C=O) groups excluding carboxylic acids is 1. The summed E-state index contributed by atoms with van der Waals surface area (Å²) >= 11 is 1.88. The number of fused-ring (bicyclic) bond motifs is 3. The highest BCUT2D eigenvalue weighted by atomic mass is 32.1. The van der Waals surface area contributed by atoms with Crippen molar-refractivity contribution in [3.05, 3.63) is 16.3 Å². The molecule has 0 bridgehead atoms. The van der Waals surface area contributed by atoms with Crippen molar-refractivity contribution in [1.29, 1.82) is 0 Å². The summed E-state index contributed by atoms with van der Waals surface area (Å²) in [5.74, 6) is 3.16. The molecule has 0 aromatic carbocycles. The van der Waals surface area contributed by atoms with E-state index in [1.54, 1.807) is 0 Å². The van der Waals surface area contributed by atoms with Crippen LogP contribution in [0.15, 0.2) is 0 Å². The van der Waals surface area contributed by atoms with E-state index in [9.17, 15) is 4.79 Å². The molecule has 6 nitrogen and oxygen atoms in total. The summed E-state index contributed by atoms with van der Waals surface area (Å²) in [6.07, 6.45) is 4.57. The molecule has 0 radical (unpaired) electrons. The first-order chi connectivity index (χ1) is 14.7. The Labute approximate surface area is 190 Å². The van der Waals surface area contributed by atoms with Gasteiger partial charge in [0.2, 0.25) is 0 Å². The molecule has 4 rings (SSSR count). The lowest BCUT2D eigenvalue weighted by molar-refractivity contribution is 0.185. The highest BCUT2D eigenvalue weighted by molar-refractivity contribution is 7.19. The summed E-state index contributed by atoms with van der Waals surface area (Å²) < 4.78 is 0. The van der Waals surface area contributed by atoms with Crippen LogP contribution in [0.4, 0.5) is 10.6 Å². The second-order valence-corrected chi connectivity index (χ2v) is 11.5. The van der Waals surface area contributed by atoms with E-state index in [0.717, 1.165) is 67.8 Å². The van der Waals surface area contributed by atoms with Gasteiger partial charge in [0.05, 0.1) is 5.39 Å². The summed E-state index contributed by atoms with van der Waals surface area (Å²) in [6, 6.07) is 0.0298. The average Bonchev–Trinajstić information content (AvgIpc) is 3.08. The average molecular weight is 444 g/mol. The molecule has 170 valence electrons. The highest BCUT2D eigenvalue weighted by Gasteiger charge is 2.29. The number of nitrogens with one attached hydrogen (secondary N) is 1. The van der Waals surface area contributed by atoms with Gasteiger partial charge in [-0.1, -0.05) is 20.8 Å². The minimum absolute atomic E-state index is 0.0298. The fourth-order valence-electron chi connectivity index (χ4n) is 4.49. The van der Waals surface area contributed by atoms with Gasteiger partial charge in [0.15, 0.2) is 0 Å². The SMILES string of the molecule is CC[C@H](C)c1nc(N2CCN(C(=O)NC(C)(C)C)CC2)c2c3c(sc2n1)C[C@@H](C)CC3. The lowest BCUT2D eigenvalue weighted by atomic mass is 9.89. The Hall–Kier alpha value is -1.89. The van der Waals surface area contributed by atoms with Crippen LogP contribution < -0.4 is 10.2 Å². The molecule has 0 spiro atoms. The molecule has 31 heavy (non-hydrogen) atoms. The fraction of sp³-hybridized carbons (Fsp3) is 0.708. The number of carbonyl (C=O) groups is 1. The second-order valence-electron chi connectivity index (χ2n) is 10.4. The third-order valence-electron chi connectivity index (χ3n) is 6.55. The molecule has 2 aromatic rings. The number of urea groups is 1. The zero-order valence-corrected chi connectivity index (χ0v) is 20.7. The number of anilines is 1. The molecule has 1 saturated heterocycles. The fourth-order valence-corrected chi connectivity index (χ4v) is 5.88.